The standard InChI is InChI=1S/C24H31N3O4S/c1-3-26(4-2)32(30,31)21-14-15-22-20(18-21)12-9-17-27(22)23(28)13-8-16-25-24(29)19-10-6-5-7-11-19/h5-7,10-11,14-15,18H,3-4,8-9,12-13,16-17H2,1-2H3,(H,25,29). The molecule has 1 heterocycles. The normalized spacial score (nSPS) is 13.7. The minimum Gasteiger partial charge on any atom is -0.352 e. The lowest BCUT2D eigenvalue weighted by Gasteiger charge is -2.30. The van der Waals surface area contributed by atoms with Crippen LogP contribution in [0.4, 0.5) is 5.69 Å². The molecule has 0 radical (unpaired) electrons. The molecule has 0 fully saturated rings. The lowest BCUT2D eigenvalue weighted by molar-refractivity contribution is -0.118. The van der Waals surface area contributed by atoms with E-state index in [0.29, 0.717) is 44.6 Å². The predicted molar refractivity (Wildman–Crippen MR) is 125 cm³/mol. The van der Waals surface area contributed by atoms with Crippen LogP contribution in [0.3, 0.4) is 0 Å². The SMILES string of the molecule is CCN(CC)S(=O)(=O)c1ccc2c(c1)CCCN2C(=O)CCCNC(=O)c1ccccc1. The van der Waals surface area contributed by atoms with Crippen molar-refractivity contribution in [3.8, 4) is 0 Å². The van der Waals surface area contributed by atoms with Gasteiger partial charge in [-0.2, -0.15) is 4.31 Å². The van der Waals surface area contributed by atoms with Gasteiger partial charge in [0.15, 0.2) is 0 Å². The third kappa shape index (κ3) is 5.37. The lowest BCUT2D eigenvalue weighted by Crippen LogP contribution is -2.36. The Kier molecular flexibility index (Phi) is 8.04. The van der Waals surface area contributed by atoms with Crippen LogP contribution in [0.2, 0.25) is 0 Å². The average Bonchev–Trinajstić information content (AvgIpc) is 2.82. The van der Waals surface area contributed by atoms with Gasteiger partial charge in [0.05, 0.1) is 4.90 Å². The van der Waals surface area contributed by atoms with Crippen LogP contribution >= 0.6 is 0 Å². The van der Waals surface area contributed by atoms with Crippen molar-refractivity contribution in [3.05, 3.63) is 59.7 Å². The van der Waals surface area contributed by atoms with Crippen molar-refractivity contribution < 1.29 is 18.0 Å². The minimum absolute atomic E-state index is 0.0146. The number of anilines is 1. The van der Waals surface area contributed by atoms with Gasteiger partial charge in [0.25, 0.3) is 5.91 Å². The van der Waals surface area contributed by atoms with Crippen LogP contribution in [0, 0.1) is 0 Å². The van der Waals surface area contributed by atoms with Crippen molar-refractivity contribution in [2.24, 2.45) is 0 Å². The van der Waals surface area contributed by atoms with Crippen molar-refractivity contribution in [2.75, 3.05) is 31.1 Å². The molecule has 0 unspecified atom stereocenters. The fraction of sp³-hybridized carbons (Fsp3) is 0.417. The summed E-state index contributed by atoms with van der Waals surface area (Å²) in [5.74, 6) is -0.164. The van der Waals surface area contributed by atoms with Crippen LogP contribution in [0.15, 0.2) is 53.4 Å². The van der Waals surface area contributed by atoms with Crippen LogP contribution in [-0.4, -0.2) is 50.7 Å². The molecule has 0 saturated heterocycles. The second-order valence-electron chi connectivity index (χ2n) is 7.75. The monoisotopic (exact) mass is 457 g/mol. The number of aryl methyl sites for hydroxylation is 1. The number of carbonyl (C=O) groups excluding carboxylic acids is 2. The van der Waals surface area contributed by atoms with E-state index in [2.05, 4.69) is 5.32 Å². The summed E-state index contributed by atoms with van der Waals surface area (Å²) in [6.45, 7) is 5.51. The molecule has 2 amide bonds. The molecule has 0 bridgehead atoms. The third-order valence-electron chi connectivity index (χ3n) is 5.70. The topological polar surface area (TPSA) is 86.8 Å². The molecule has 7 nitrogen and oxygen atoms in total. The second kappa shape index (κ2) is 10.7. The number of sulfonamides is 1. The quantitative estimate of drug-likeness (QED) is 0.586. The van der Waals surface area contributed by atoms with E-state index in [0.717, 1.165) is 24.1 Å². The summed E-state index contributed by atoms with van der Waals surface area (Å²) in [7, 11) is -3.53. The summed E-state index contributed by atoms with van der Waals surface area (Å²) >= 11 is 0. The Labute approximate surface area is 190 Å². The number of benzene rings is 2. The predicted octanol–water partition coefficient (Wildman–Crippen LogP) is 3.21. The van der Waals surface area contributed by atoms with E-state index < -0.39 is 10.0 Å². The van der Waals surface area contributed by atoms with Gasteiger partial charge in [0.2, 0.25) is 15.9 Å². The van der Waals surface area contributed by atoms with Gasteiger partial charge >= 0.3 is 0 Å². The molecule has 0 saturated carbocycles. The minimum atomic E-state index is -3.53. The lowest BCUT2D eigenvalue weighted by atomic mass is 10.0. The number of carbonyl (C=O) groups is 2. The van der Waals surface area contributed by atoms with E-state index in [1.54, 1.807) is 35.2 Å². The van der Waals surface area contributed by atoms with E-state index >= 15 is 0 Å². The summed E-state index contributed by atoms with van der Waals surface area (Å²) in [6.07, 6.45) is 2.39. The summed E-state index contributed by atoms with van der Waals surface area (Å²) in [5.41, 5.74) is 2.27. The van der Waals surface area contributed by atoms with Gasteiger partial charge in [-0.3, -0.25) is 9.59 Å². The van der Waals surface area contributed by atoms with Crippen molar-refractivity contribution >= 4 is 27.5 Å². The molecule has 0 atom stereocenters. The van der Waals surface area contributed by atoms with Gasteiger partial charge in [0.1, 0.15) is 0 Å². The van der Waals surface area contributed by atoms with Crippen LogP contribution in [0.5, 0.6) is 0 Å². The Morgan fingerprint density at radius 2 is 1.78 bits per heavy atom. The average molecular weight is 458 g/mol. The van der Waals surface area contributed by atoms with Crippen molar-refractivity contribution in [1.29, 1.82) is 0 Å². The molecule has 1 N–H and O–H groups in total. The summed E-state index contributed by atoms with van der Waals surface area (Å²) in [5, 5.41) is 2.84. The van der Waals surface area contributed by atoms with Crippen molar-refractivity contribution in [2.45, 2.75) is 44.4 Å². The number of fused-ring (bicyclic) bond motifs is 1. The first kappa shape index (κ1) is 23.9. The van der Waals surface area contributed by atoms with Gasteiger partial charge in [-0.25, -0.2) is 8.42 Å². The first-order valence-corrected chi connectivity index (χ1v) is 12.6. The van der Waals surface area contributed by atoms with E-state index in [1.165, 1.54) is 4.31 Å². The molecule has 3 rings (SSSR count). The zero-order valence-corrected chi connectivity index (χ0v) is 19.5. The van der Waals surface area contributed by atoms with Gasteiger partial charge in [0, 0.05) is 43.9 Å². The highest BCUT2D eigenvalue weighted by Crippen LogP contribution is 2.31. The first-order chi connectivity index (χ1) is 15.4. The molecule has 2 aromatic carbocycles. The van der Waals surface area contributed by atoms with Gasteiger partial charge in [-0.15, -0.1) is 0 Å². The maximum Gasteiger partial charge on any atom is 0.251 e. The molecule has 32 heavy (non-hydrogen) atoms. The fourth-order valence-corrected chi connectivity index (χ4v) is 5.48. The fourth-order valence-electron chi connectivity index (χ4n) is 3.97. The summed E-state index contributed by atoms with van der Waals surface area (Å²) < 4.78 is 27.1. The number of nitrogens with zero attached hydrogens (tertiary/aromatic N) is 2. The molecule has 1 aliphatic rings. The van der Waals surface area contributed by atoms with Crippen molar-refractivity contribution in [3.63, 3.8) is 0 Å². The molecule has 2 aromatic rings. The number of nitrogens with one attached hydrogen (secondary N) is 1. The Morgan fingerprint density at radius 1 is 1.06 bits per heavy atom. The highest BCUT2D eigenvalue weighted by atomic mass is 32.2. The molecule has 0 aromatic heterocycles. The Balaban J connectivity index is 1.62. The van der Waals surface area contributed by atoms with Crippen LogP contribution in [0.1, 0.15) is 49.0 Å². The molecule has 172 valence electrons. The molecule has 0 aliphatic carbocycles. The largest absolute Gasteiger partial charge is 0.352 e. The van der Waals surface area contributed by atoms with Gasteiger partial charge in [-0.05, 0) is 55.2 Å². The maximum atomic E-state index is 12.8. The zero-order chi connectivity index (χ0) is 23.1. The van der Waals surface area contributed by atoms with Crippen LogP contribution in [0.25, 0.3) is 0 Å². The summed E-state index contributed by atoms with van der Waals surface area (Å²) in [6, 6.07) is 14.0. The smallest absolute Gasteiger partial charge is 0.251 e. The van der Waals surface area contributed by atoms with Crippen LogP contribution < -0.4 is 10.2 Å². The summed E-state index contributed by atoms with van der Waals surface area (Å²) in [4.78, 5) is 27.0. The number of rotatable bonds is 9. The highest BCUT2D eigenvalue weighted by molar-refractivity contribution is 7.89. The number of hydrogen-bond acceptors (Lipinski definition) is 4. The highest BCUT2D eigenvalue weighted by Gasteiger charge is 2.26. The molecular formula is C24H31N3O4S. The molecule has 0 spiro atoms. The Bertz CT molecular complexity index is 1050. The van der Waals surface area contributed by atoms with E-state index in [1.807, 2.05) is 32.0 Å². The molecule has 8 heteroatoms. The van der Waals surface area contributed by atoms with E-state index in [4.69, 9.17) is 0 Å². The number of amides is 2. The third-order valence-corrected chi connectivity index (χ3v) is 7.75. The Hall–Kier alpha value is -2.71. The van der Waals surface area contributed by atoms with E-state index in [9.17, 15) is 18.0 Å². The number of hydrogen-bond donors (Lipinski definition) is 1. The van der Waals surface area contributed by atoms with Gasteiger partial charge < -0.3 is 10.2 Å². The van der Waals surface area contributed by atoms with E-state index in [-0.39, 0.29) is 16.7 Å². The maximum absolute atomic E-state index is 12.8. The van der Waals surface area contributed by atoms with Crippen molar-refractivity contribution in [1.82, 2.24) is 9.62 Å². The van der Waals surface area contributed by atoms with Crippen LogP contribution in [-0.2, 0) is 21.2 Å². The second-order valence-corrected chi connectivity index (χ2v) is 9.69. The zero-order valence-electron chi connectivity index (χ0n) is 18.7. The molecule has 1 aliphatic heterocycles. The molecular weight excluding hydrogens is 426 g/mol. The Morgan fingerprint density at radius 3 is 2.47 bits per heavy atom. The van der Waals surface area contributed by atoms with Gasteiger partial charge in [-0.1, -0.05) is 32.0 Å². The first-order valence-electron chi connectivity index (χ1n) is 11.1.